The number of halogens is 1. The van der Waals surface area contributed by atoms with E-state index < -0.39 is 11.7 Å². The van der Waals surface area contributed by atoms with Crippen LogP contribution in [0.3, 0.4) is 0 Å². The lowest BCUT2D eigenvalue weighted by molar-refractivity contribution is 0.0777. The fourth-order valence-electron chi connectivity index (χ4n) is 1.59. The second-order valence-electron chi connectivity index (χ2n) is 3.94. The molecule has 0 aliphatic rings. The van der Waals surface area contributed by atoms with Crippen molar-refractivity contribution in [3.05, 3.63) is 47.8 Å². The minimum Gasteiger partial charge on any atom is -0.399 e. The van der Waals surface area contributed by atoms with Gasteiger partial charge in [0, 0.05) is 25.1 Å². The fourth-order valence-corrected chi connectivity index (χ4v) is 1.59. The van der Waals surface area contributed by atoms with E-state index in [0.717, 1.165) is 0 Å². The van der Waals surface area contributed by atoms with Crippen LogP contribution >= 0.6 is 0 Å². The maximum atomic E-state index is 13.5. The van der Waals surface area contributed by atoms with Gasteiger partial charge in [0.25, 0.3) is 5.91 Å². The highest BCUT2D eigenvalue weighted by atomic mass is 19.1. The SMILES string of the molecule is CN(Cc1ncc[nH]1)C(=O)c1cc(N)ccc1F. The second kappa shape index (κ2) is 4.87. The molecular formula is C12H13FN4O. The predicted molar refractivity (Wildman–Crippen MR) is 65.2 cm³/mol. The smallest absolute Gasteiger partial charge is 0.257 e. The molecule has 2 rings (SSSR count). The Morgan fingerprint density at radius 2 is 2.33 bits per heavy atom. The van der Waals surface area contributed by atoms with Crippen LogP contribution in [0.2, 0.25) is 0 Å². The van der Waals surface area contributed by atoms with Gasteiger partial charge in [-0.25, -0.2) is 9.37 Å². The van der Waals surface area contributed by atoms with E-state index in [4.69, 9.17) is 5.73 Å². The highest BCUT2D eigenvalue weighted by molar-refractivity contribution is 5.95. The van der Waals surface area contributed by atoms with E-state index in [1.54, 1.807) is 19.4 Å². The molecule has 1 heterocycles. The summed E-state index contributed by atoms with van der Waals surface area (Å²) in [5.74, 6) is -0.383. The van der Waals surface area contributed by atoms with Gasteiger partial charge in [0.05, 0.1) is 12.1 Å². The molecule has 0 spiro atoms. The largest absolute Gasteiger partial charge is 0.399 e. The summed E-state index contributed by atoms with van der Waals surface area (Å²) >= 11 is 0. The standard InChI is InChI=1S/C12H13FN4O/c1-17(7-11-15-4-5-16-11)12(18)9-6-8(14)2-3-10(9)13/h2-6H,7,14H2,1H3,(H,15,16). The first-order valence-electron chi connectivity index (χ1n) is 5.36. The quantitative estimate of drug-likeness (QED) is 0.806. The first-order valence-corrected chi connectivity index (χ1v) is 5.36. The molecule has 1 aromatic heterocycles. The molecule has 2 aromatic rings. The van der Waals surface area contributed by atoms with Gasteiger partial charge in [-0.3, -0.25) is 4.79 Å². The van der Waals surface area contributed by atoms with E-state index in [1.807, 2.05) is 0 Å². The molecule has 1 amide bonds. The van der Waals surface area contributed by atoms with Crippen LogP contribution in [0.1, 0.15) is 16.2 Å². The molecule has 94 valence electrons. The monoisotopic (exact) mass is 248 g/mol. The van der Waals surface area contributed by atoms with Gasteiger partial charge in [-0.2, -0.15) is 0 Å². The number of aromatic nitrogens is 2. The van der Waals surface area contributed by atoms with Gasteiger partial charge >= 0.3 is 0 Å². The highest BCUT2D eigenvalue weighted by Gasteiger charge is 2.17. The van der Waals surface area contributed by atoms with Gasteiger partial charge < -0.3 is 15.6 Å². The van der Waals surface area contributed by atoms with E-state index in [2.05, 4.69) is 9.97 Å². The fraction of sp³-hybridized carbons (Fsp3) is 0.167. The lowest BCUT2D eigenvalue weighted by Crippen LogP contribution is -2.27. The Morgan fingerprint density at radius 3 is 3.00 bits per heavy atom. The normalized spacial score (nSPS) is 10.3. The summed E-state index contributed by atoms with van der Waals surface area (Å²) in [5, 5.41) is 0. The first-order chi connectivity index (χ1) is 8.58. The van der Waals surface area contributed by atoms with Gasteiger partial charge in [-0.05, 0) is 18.2 Å². The zero-order chi connectivity index (χ0) is 13.1. The average Bonchev–Trinajstić information content (AvgIpc) is 2.84. The number of aromatic amines is 1. The number of nitrogens with zero attached hydrogens (tertiary/aromatic N) is 2. The maximum Gasteiger partial charge on any atom is 0.257 e. The number of H-pyrrole nitrogens is 1. The van der Waals surface area contributed by atoms with Crippen LogP contribution in [0, 0.1) is 5.82 Å². The Balaban J connectivity index is 2.17. The molecule has 5 nitrogen and oxygen atoms in total. The molecule has 3 N–H and O–H groups in total. The third-order valence-corrected chi connectivity index (χ3v) is 2.51. The molecular weight excluding hydrogens is 235 g/mol. The van der Waals surface area contributed by atoms with E-state index >= 15 is 0 Å². The number of nitrogen functional groups attached to an aromatic ring is 1. The molecule has 0 saturated heterocycles. The minimum atomic E-state index is -0.583. The number of rotatable bonds is 3. The molecule has 1 aromatic carbocycles. The number of carbonyl (C=O) groups is 1. The van der Waals surface area contributed by atoms with E-state index in [-0.39, 0.29) is 12.1 Å². The van der Waals surface area contributed by atoms with Crippen molar-refractivity contribution in [2.45, 2.75) is 6.54 Å². The molecule has 0 unspecified atom stereocenters. The molecule has 0 bridgehead atoms. The number of nitrogens with one attached hydrogen (secondary N) is 1. The molecule has 6 heteroatoms. The minimum absolute atomic E-state index is 0.0379. The maximum absolute atomic E-state index is 13.5. The van der Waals surface area contributed by atoms with E-state index in [9.17, 15) is 9.18 Å². The average molecular weight is 248 g/mol. The third kappa shape index (κ3) is 2.48. The first kappa shape index (κ1) is 12.1. The van der Waals surface area contributed by atoms with Crippen molar-refractivity contribution in [3.63, 3.8) is 0 Å². The third-order valence-electron chi connectivity index (χ3n) is 2.51. The van der Waals surface area contributed by atoms with Crippen LogP contribution in [-0.4, -0.2) is 27.8 Å². The van der Waals surface area contributed by atoms with Gasteiger partial charge in [-0.15, -0.1) is 0 Å². The van der Waals surface area contributed by atoms with Gasteiger partial charge in [0.2, 0.25) is 0 Å². The van der Waals surface area contributed by atoms with Crippen LogP contribution in [0.25, 0.3) is 0 Å². The number of anilines is 1. The van der Waals surface area contributed by atoms with E-state index in [1.165, 1.54) is 23.1 Å². The van der Waals surface area contributed by atoms with Crippen LogP contribution in [0.15, 0.2) is 30.6 Å². The number of amides is 1. The van der Waals surface area contributed by atoms with Crippen molar-refractivity contribution in [2.75, 3.05) is 12.8 Å². The number of benzene rings is 1. The van der Waals surface area contributed by atoms with Crippen molar-refractivity contribution in [1.82, 2.24) is 14.9 Å². The number of nitrogens with two attached hydrogens (primary N) is 1. The van der Waals surface area contributed by atoms with Crippen LogP contribution in [0.4, 0.5) is 10.1 Å². The molecule has 0 aliphatic heterocycles. The van der Waals surface area contributed by atoms with Crippen molar-refractivity contribution < 1.29 is 9.18 Å². The van der Waals surface area contributed by atoms with Crippen molar-refractivity contribution in [1.29, 1.82) is 0 Å². The zero-order valence-electron chi connectivity index (χ0n) is 9.85. The second-order valence-corrected chi connectivity index (χ2v) is 3.94. The van der Waals surface area contributed by atoms with Crippen molar-refractivity contribution >= 4 is 11.6 Å². The number of carbonyl (C=O) groups excluding carboxylic acids is 1. The number of imidazole rings is 1. The molecule has 0 fully saturated rings. The molecule has 0 saturated carbocycles. The van der Waals surface area contributed by atoms with Gasteiger partial charge in [0.1, 0.15) is 11.6 Å². The topological polar surface area (TPSA) is 75.0 Å². The summed E-state index contributed by atoms with van der Waals surface area (Å²) in [7, 11) is 1.58. The highest BCUT2D eigenvalue weighted by Crippen LogP contribution is 2.14. The summed E-state index contributed by atoms with van der Waals surface area (Å²) in [5.41, 5.74) is 5.86. The Labute approximate surface area is 103 Å². The van der Waals surface area contributed by atoms with Crippen molar-refractivity contribution in [2.24, 2.45) is 0 Å². The van der Waals surface area contributed by atoms with Gasteiger partial charge in [0.15, 0.2) is 0 Å². The zero-order valence-corrected chi connectivity index (χ0v) is 9.85. The van der Waals surface area contributed by atoms with Crippen molar-refractivity contribution in [3.8, 4) is 0 Å². The van der Waals surface area contributed by atoms with Crippen LogP contribution < -0.4 is 5.73 Å². The molecule has 0 radical (unpaired) electrons. The van der Waals surface area contributed by atoms with Crippen LogP contribution in [0.5, 0.6) is 0 Å². The lowest BCUT2D eigenvalue weighted by atomic mass is 10.1. The predicted octanol–water partition coefficient (Wildman–Crippen LogP) is 1.40. The Morgan fingerprint density at radius 1 is 1.56 bits per heavy atom. The lowest BCUT2D eigenvalue weighted by Gasteiger charge is -2.16. The number of hydrogen-bond acceptors (Lipinski definition) is 3. The molecule has 0 atom stereocenters. The summed E-state index contributed by atoms with van der Waals surface area (Å²) in [6, 6.07) is 3.93. The van der Waals surface area contributed by atoms with Crippen LogP contribution in [-0.2, 0) is 6.54 Å². The Kier molecular flexibility index (Phi) is 3.27. The summed E-state index contributed by atoms with van der Waals surface area (Å²) in [6.07, 6.45) is 3.25. The Hall–Kier alpha value is -2.37. The van der Waals surface area contributed by atoms with Gasteiger partial charge in [-0.1, -0.05) is 0 Å². The molecule has 0 aliphatic carbocycles. The number of hydrogen-bond donors (Lipinski definition) is 2. The summed E-state index contributed by atoms with van der Waals surface area (Å²) < 4.78 is 13.5. The Bertz CT molecular complexity index is 553. The summed E-state index contributed by atoms with van der Waals surface area (Å²) in [6.45, 7) is 0.278. The molecule has 18 heavy (non-hydrogen) atoms. The van der Waals surface area contributed by atoms with E-state index in [0.29, 0.717) is 11.5 Å². The summed E-state index contributed by atoms with van der Waals surface area (Å²) in [4.78, 5) is 20.3.